The van der Waals surface area contributed by atoms with Crippen LogP contribution in [0.5, 0.6) is 0 Å². The van der Waals surface area contributed by atoms with Crippen molar-refractivity contribution in [1.82, 2.24) is 0 Å². The van der Waals surface area contributed by atoms with Crippen molar-refractivity contribution < 1.29 is 9.53 Å². The van der Waals surface area contributed by atoms with Crippen molar-refractivity contribution in [1.29, 1.82) is 0 Å². The van der Waals surface area contributed by atoms with E-state index < -0.39 is 6.04 Å². The first-order valence-electron chi connectivity index (χ1n) is 8.61. The lowest BCUT2D eigenvalue weighted by Gasteiger charge is -2.31. The minimum atomic E-state index is -0.458. The molecule has 0 aliphatic carbocycles. The fourth-order valence-electron chi connectivity index (χ4n) is 3.62. The van der Waals surface area contributed by atoms with E-state index in [1.807, 2.05) is 13.0 Å². The van der Waals surface area contributed by atoms with Crippen LogP contribution in [0.2, 0.25) is 0 Å². The topological polar surface area (TPSA) is 52.3 Å². The van der Waals surface area contributed by atoms with E-state index in [1.54, 1.807) is 0 Å². The molecule has 0 amide bonds. The van der Waals surface area contributed by atoms with Gasteiger partial charge in [-0.05, 0) is 37.7 Å². The monoisotopic (exact) mass is 303 g/mol. The van der Waals surface area contributed by atoms with E-state index >= 15 is 0 Å². The first kappa shape index (κ1) is 17.0. The van der Waals surface area contributed by atoms with Crippen molar-refractivity contribution in [2.75, 3.05) is 0 Å². The summed E-state index contributed by atoms with van der Waals surface area (Å²) >= 11 is 0. The summed E-state index contributed by atoms with van der Waals surface area (Å²) in [6.45, 7) is 4.26. The number of benzene rings is 1. The summed E-state index contributed by atoms with van der Waals surface area (Å²) in [6, 6.07) is 10.1. The van der Waals surface area contributed by atoms with Crippen LogP contribution in [-0.4, -0.2) is 18.1 Å². The third-order valence-corrected chi connectivity index (χ3v) is 4.88. The second-order valence-electron chi connectivity index (χ2n) is 6.58. The second kappa shape index (κ2) is 8.33. The fourth-order valence-corrected chi connectivity index (χ4v) is 3.62. The van der Waals surface area contributed by atoms with Crippen LogP contribution < -0.4 is 5.73 Å². The molecule has 2 rings (SSSR count). The molecule has 0 bridgehead atoms. The average molecular weight is 303 g/mol. The Balaban J connectivity index is 2.18. The summed E-state index contributed by atoms with van der Waals surface area (Å²) in [7, 11) is 0. The number of carbonyl (C=O) groups excluding carboxylic acids is 1. The Hall–Kier alpha value is -1.35. The number of ether oxygens (including phenoxy) is 1. The molecule has 4 atom stereocenters. The van der Waals surface area contributed by atoms with Crippen LogP contribution in [0, 0.1) is 11.8 Å². The van der Waals surface area contributed by atoms with Gasteiger partial charge in [0.2, 0.25) is 0 Å². The van der Waals surface area contributed by atoms with E-state index in [-0.39, 0.29) is 12.1 Å². The largest absolute Gasteiger partial charge is 0.461 e. The Morgan fingerprint density at radius 2 is 1.95 bits per heavy atom. The lowest BCUT2D eigenvalue weighted by molar-refractivity contribution is -0.153. The van der Waals surface area contributed by atoms with Crippen molar-refractivity contribution in [3.8, 4) is 0 Å². The third-order valence-electron chi connectivity index (χ3n) is 4.88. The molecule has 0 spiro atoms. The molecule has 3 heteroatoms. The Labute approximate surface area is 134 Å². The SMILES string of the molecule is CCC[C@H]1CCC[C@H](N)C(=O)O[C@@H](C)[C@@H]1Cc1ccccc1. The molecular formula is C19H29NO2. The van der Waals surface area contributed by atoms with Gasteiger partial charge in [0, 0.05) is 5.92 Å². The summed E-state index contributed by atoms with van der Waals surface area (Å²) in [4.78, 5) is 12.0. The molecule has 1 aromatic carbocycles. The summed E-state index contributed by atoms with van der Waals surface area (Å²) in [5.41, 5.74) is 7.24. The molecule has 22 heavy (non-hydrogen) atoms. The van der Waals surface area contributed by atoms with Gasteiger partial charge in [-0.1, -0.05) is 56.5 Å². The molecule has 0 unspecified atom stereocenters. The van der Waals surface area contributed by atoms with Crippen molar-refractivity contribution in [2.45, 2.75) is 64.5 Å². The molecule has 1 fully saturated rings. The van der Waals surface area contributed by atoms with Crippen LogP contribution in [0.1, 0.15) is 51.5 Å². The highest BCUT2D eigenvalue weighted by Crippen LogP contribution is 2.32. The number of hydrogen-bond donors (Lipinski definition) is 1. The van der Waals surface area contributed by atoms with E-state index in [9.17, 15) is 4.79 Å². The predicted molar refractivity (Wildman–Crippen MR) is 89.4 cm³/mol. The maximum absolute atomic E-state index is 12.0. The maximum atomic E-state index is 12.0. The van der Waals surface area contributed by atoms with Crippen molar-refractivity contribution >= 4 is 5.97 Å². The molecule has 3 nitrogen and oxygen atoms in total. The summed E-state index contributed by atoms with van der Waals surface area (Å²) < 4.78 is 5.68. The summed E-state index contributed by atoms with van der Waals surface area (Å²) in [5, 5.41) is 0. The van der Waals surface area contributed by atoms with E-state index in [4.69, 9.17) is 10.5 Å². The van der Waals surface area contributed by atoms with Crippen LogP contribution >= 0.6 is 0 Å². The van der Waals surface area contributed by atoms with Crippen molar-refractivity contribution in [2.24, 2.45) is 17.6 Å². The summed E-state index contributed by atoms with van der Waals surface area (Å²) in [6.07, 6.45) is 6.14. The van der Waals surface area contributed by atoms with E-state index in [0.717, 1.165) is 25.7 Å². The van der Waals surface area contributed by atoms with Gasteiger partial charge in [-0.25, -0.2) is 0 Å². The lowest BCUT2D eigenvalue weighted by atomic mass is 9.78. The van der Waals surface area contributed by atoms with Crippen LogP contribution in [0.15, 0.2) is 30.3 Å². The highest BCUT2D eigenvalue weighted by atomic mass is 16.5. The second-order valence-corrected chi connectivity index (χ2v) is 6.58. The molecule has 0 radical (unpaired) electrons. The minimum absolute atomic E-state index is 0.0755. The van der Waals surface area contributed by atoms with Gasteiger partial charge >= 0.3 is 5.97 Å². The van der Waals surface area contributed by atoms with Gasteiger partial charge < -0.3 is 10.5 Å². The zero-order valence-corrected chi connectivity index (χ0v) is 13.8. The van der Waals surface area contributed by atoms with Crippen LogP contribution in [0.25, 0.3) is 0 Å². The van der Waals surface area contributed by atoms with Gasteiger partial charge in [-0.2, -0.15) is 0 Å². The highest BCUT2D eigenvalue weighted by Gasteiger charge is 2.32. The molecule has 1 aliphatic heterocycles. The smallest absolute Gasteiger partial charge is 0.323 e. The highest BCUT2D eigenvalue weighted by molar-refractivity contribution is 5.75. The Kier molecular flexibility index (Phi) is 6.44. The van der Waals surface area contributed by atoms with Crippen LogP contribution in [0.4, 0.5) is 0 Å². The Bertz CT molecular complexity index is 460. The zero-order chi connectivity index (χ0) is 15.9. The lowest BCUT2D eigenvalue weighted by Crippen LogP contribution is -2.37. The normalized spacial score (nSPS) is 30.0. The van der Waals surface area contributed by atoms with E-state index in [1.165, 1.54) is 18.4 Å². The van der Waals surface area contributed by atoms with E-state index in [2.05, 4.69) is 31.2 Å². The van der Waals surface area contributed by atoms with Crippen LogP contribution in [0.3, 0.4) is 0 Å². The molecule has 1 aromatic rings. The van der Waals surface area contributed by atoms with Gasteiger partial charge in [0.05, 0.1) is 0 Å². The van der Waals surface area contributed by atoms with Crippen molar-refractivity contribution in [3.05, 3.63) is 35.9 Å². The molecule has 2 N–H and O–H groups in total. The zero-order valence-electron chi connectivity index (χ0n) is 13.8. The van der Waals surface area contributed by atoms with Crippen LogP contribution in [-0.2, 0) is 16.0 Å². The Morgan fingerprint density at radius 3 is 2.64 bits per heavy atom. The van der Waals surface area contributed by atoms with E-state index in [0.29, 0.717) is 11.8 Å². The maximum Gasteiger partial charge on any atom is 0.323 e. The number of hydrogen-bond acceptors (Lipinski definition) is 3. The van der Waals surface area contributed by atoms with Gasteiger partial charge in [0.1, 0.15) is 12.1 Å². The molecular weight excluding hydrogens is 274 g/mol. The number of rotatable bonds is 4. The molecule has 1 aliphatic rings. The molecule has 0 saturated carbocycles. The number of cyclic esters (lactones) is 1. The average Bonchev–Trinajstić information content (AvgIpc) is 2.55. The van der Waals surface area contributed by atoms with Crippen molar-refractivity contribution in [3.63, 3.8) is 0 Å². The fraction of sp³-hybridized carbons (Fsp3) is 0.632. The third kappa shape index (κ3) is 4.57. The minimum Gasteiger partial charge on any atom is -0.461 e. The predicted octanol–water partition coefficient (Wildman–Crippen LogP) is 3.70. The van der Waals surface area contributed by atoms with Gasteiger partial charge in [0.25, 0.3) is 0 Å². The summed E-state index contributed by atoms with van der Waals surface area (Å²) in [5.74, 6) is 0.734. The molecule has 1 heterocycles. The quantitative estimate of drug-likeness (QED) is 0.863. The first-order chi connectivity index (χ1) is 10.6. The van der Waals surface area contributed by atoms with Gasteiger partial charge in [-0.3, -0.25) is 4.79 Å². The number of nitrogens with two attached hydrogens (primary N) is 1. The standard InChI is InChI=1S/C19H29NO2/c1-3-8-16-11-7-12-18(20)19(21)22-14(2)17(16)13-15-9-5-4-6-10-15/h4-6,9-10,14,16-18H,3,7-8,11-13,20H2,1-2H3/t14-,16-,17-,18-/m0/s1. The van der Waals surface area contributed by atoms with Gasteiger partial charge in [-0.15, -0.1) is 0 Å². The number of carbonyl (C=O) groups is 1. The molecule has 0 aromatic heterocycles. The first-order valence-corrected chi connectivity index (χ1v) is 8.61. The Morgan fingerprint density at radius 1 is 1.23 bits per heavy atom. The molecule has 122 valence electrons. The molecule has 1 saturated heterocycles. The van der Waals surface area contributed by atoms with Gasteiger partial charge in [0.15, 0.2) is 0 Å². The number of esters is 1.